The molecular formula is C17H20N2O2. The Kier molecular flexibility index (Phi) is 3.69. The van der Waals surface area contributed by atoms with Crippen molar-refractivity contribution in [1.82, 2.24) is 4.90 Å². The average Bonchev–Trinajstić information content (AvgIpc) is 2.53. The van der Waals surface area contributed by atoms with Crippen molar-refractivity contribution in [2.45, 2.75) is 6.92 Å². The first-order valence-electron chi connectivity index (χ1n) is 7.26. The Labute approximate surface area is 124 Å². The van der Waals surface area contributed by atoms with Crippen LogP contribution in [0.5, 0.6) is 5.75 Å². The summed E-state index contributed by atoms with van der Waals surface area (Å²) in [6.07, 6.45) is 0. The molecule has 0 aliphatic carbocycles. The molecule has 0 saturated carbocycles. The molecule has 1 aliphatic heterocycles. The lowest BCUT2D eigenvalue weighted by molar-refractivity contribution is -0.129. The largest absolute Gasteiger partial charge is 0.495 e. The number of ether oxygens (including phenoxy) is 1. The van der Waals surface area contributed by atoms with Crippen molar-refractivity contribution < 1.29 is 9.53 Å². The Morgan fingerprint density at radius 3 is 2.24 bits per heavy atom. The fraction of sp³-hybridized carbons (Fsp3) is 0.353. The number of hydrogen-bond acceptors (Lipinski definition) is 3. The van der Waals surface area contributed by atoms with Gasteiger partial charge in [0.05, 0.1) is 12.8 Å². The summed E-state index contributed by atoms with van der Waals surface area (Å²) >= 11 is 0. The van der Waals surface area contributed by atoms with E-state index >= 15 is 0 Å². The number of piperazine rings is 1. The predicted molar refractivity (Wildman–Crippen MR) is 85.0 cm³/mol. The van der Waals surface area contributed by atoms with Gasteiger partial charge in [-0.1, -0.05) is 24.3 Å². The summed E-state index contributed by atoms with van der Waals surface area (Å²) in [5, 5.41) is 2.39. The monoisotopic (exact) mass is 284 g/mol. The lowest BCUT2D eigenvalue weighted by atomic mass is 10.1. The van der Waals surface area contributed by atoms with Crippen LogP contribution in [0.4, 0.5) is 5.69 Å². The molecule has 1 aliphatic rings. The van der Waals surface area contributed by atoms with Crippen molar-refractivity contribution in [3.8, 4) is 5.75 Å². The van der Waals surface area contributed by atoms with E-state index in [4.69, 9.17) is 4.74 Å². The fourth-order valence-corrected chi connectivity index (χ4v) is 2.88. The quantitative estimate of drug-likeness (QED) is 0.849. The van der Waals surface area contributed by atoms with Gasteiger partial charge in [-0.3, -0.25) is 4.79 Å². The first-order chi connectivity index (χ1) is 10.2. The highest BCUT2D eigenvalue weighted by Gasteiger charge is 2.21. The normalized spacial score (nSPS) is 15.3. The molecular weight excluding hydrogens is 264 g/mol. The van der Waals surface area contributed by atoms with Crippen LogP contribution in [0, 0.1) is 0 Å². The number of benzene rings is 2. The maximum absolute atomic E-state index is 11.4. The van der Waals surface area contributed by atoms with Crippen LogP contribution >= 0.6 is 0 Å². The molecule has 0 aromatic heterocycles. The maximum Gasteiger partial charge on any atom is 0.219 e. The van der Waals surface area contributed by atoms with Gasteiger partial charge in [0.25, 0.3) is 0 Å². The minimum atomic E-state index is 0.153. The van der Waals surface area contributed by atoms with E-state index < -0.39 is 0 Å². The van der Waals surface area contributed by atoms with Crippen molar-refractivity contribution in [3.63, 3.8) is 0 Å². The number of carbonyl (C=O) groups is 1. The zero-order valence-electron chi connectivity index (χ0n) is 12.5. The number of anilines is 1. The summed E-state index contributed by atoms with van der Waals surface area (Å²) in [7, 11) is 1.71. The molecule has 21 heavy (non-hydrogen) atoms. The minimum Gasteiger partial charge on any atom is -0.495 e. The summed E-state index contributed by atoms with van der Waals surface area (Å²) in [5.41, 5.74) is 1.11. The van der Waals surface area contributed by atoms with Crippen molar-refractivity contribution in [2.24, 2.45) is 0 Å². The third-order valence-electron chi connectivity index (χ3n) is 4.11. The van der Waals surface area contributed by atoms with Gasteiger partial charge in [-0.2, -0.15) is 0 Å². The van der Waals surface area contributed by atoms with Gasteiger partial charge in [0, 0.05) is 33.1 Å². The van der Waals surface area contributed by atoms with Crippen molar-refractivity contribution >= 4 is 22.4 Å². The van der Waals surface area contributed by atoms with E-state index in [2.05, 4.69) is 29.2 Å². The van der Waals surface area contributed by atoms with Crippen LogP contribution in [-0.2, 0) is 4.79 Å². The van der Waals surface area contributed by atoms with E-state index in [0.717, 1.165) is 37.6 Å². The van der Waals surface area contributed by atoms with Gasteiger partial charge >= 0.3 is 0 Å². The first-order valence-corrected chi connectivity index (χ1v) is 7.26. The van der Waals surface area contributed by atoms with Gasteiger partial charge in [0.15, 0.2) is 0 Å². The third-order valence-corrected chi connectivity index (χ3v) is 4.11. The average molecular weight is 284 g/mol. The second-order valence-electron chi connectivity index (χ2n) is 5.36. The number of nitrogens with zero attached hydrogens (tertiary/aromatic N) is 2. The van der Waals surface area contributed by atoms with Gasteiger partial charge in [0.1, 0.15) is 5.75 Å². The molecule has 2 aromatic rings. The standard InChI is InChI=1S/C17H20N2O2/c1-13(20)18-7-9-19(10-8-18)16-11-14-5-3-4-6-15(14)12-17(16)21-2/h3-6,11-12H,7-10H2,1-2H3. The van der Waals surface area contributed by atoms with Gasteiger partial charge in [-0.25, -0.2) is 0 Å². The van der Waals surface area contributed by atoms with E-state index in [0.29, 0.717) is 0 Å². The topological polar surface area (TPSA) is 32.8 Å². The number of methoxy groups -OCH3 is 1. The number of carbonyl (C=O) groups excluding carboxylic acids is 1. The van der Waals surface area contributed by atoms with E-state index in [-0.39, 0.29) is 5.91 Å². The Morgan fingerprint density at radius 2 is 1.67 bits per heavy atom. The predicted octanol–water partition coefficient (Wildman–Crippen LogP) is 2.52. The number of rotatable bonds is 2. The molecule has 0 N–H and O–H groups in total. The molecule has 0 atom stereocenters. The molecule has 2 aromatic carbocycles. The maximum atomic E-state index is 11.4. The van der Waals surface area contributed by atoms with Gasteiger partial charge in [-0.05, 0) is 22.9 Å². The summed E-state index contributed by atoms with van der Waals surface area (Å²) in [5.74, 6) is 1.05. The highest BCUT2D eigenvalue weighted by atomic mass is 16.5. The van der Waals surface area contributed by atoms with Crippen LogP contribution < -0.4 is 9.64 Å². The summed E-state index contributed by atoms with van der Waals surface area (Å²) < 4.78 is 5.56. The molecule has 0 bridgehead atoms. The van der Waals surface area contributed by atoms with Crippen molar-refractivity contribution in [2.75, 3.05) is 38.2 Å². The molecule has 0 radical (unpaired) electrons. The van der Waals surface area contributed by atoms with Crippen LogP contribution in [0.15, 0.2) is 36.4 Å². The molecule has 1 saturated heterocycles. The molecule has 4 heteroatoms. The minimum absolute atomic E-state index is 0.153. The highest BCUT2D eigenvalue weighted by molar-refractivity contribution is 5.89. The van der Waals surface area contributed by atoms with Crippen LogP contribution in [0.2, 0.25) is 0 Å². The zero-order valence-corrected chi connectivity index (χ0v) is 12.5. The van der Waals surface area contributed by atoms with Gasteiger partial charge in [-0.15, -0.1) is 0 Å². The van der Waals surface area contributed by atoms with Gasteiger partial charge < -0.3 is 14.5 Å². The molecule has 1 amide bonds. The Balaban J connectivity index is 1.91. The lowest BCUT2D eigenvalue weighted by Crippen LogP contribution is -2.48. The van der Waals surface area contributed by atoms with Crippen molar-refractivity contribution in [1.29, 1.82) is 0 Å². The molecule has 1 fully saturated rings. The van der Waals surface area contributed by atoms with Crippen LogP contribution in [0.25, 0.3) is 10.8 Å². The van der Waals surface area contributed by atoms with Gasteiger partial charge in [0.2, 0.25) is 5.91 Å². The van der Waals surface area contributed by atoms with Crippen LogP contribution in [0.3, 0.4) is 0 Å². The Bertz CT molecular complexity index is 661. The third kappa shape index (κ3) is 2.66. The second-order valence-corrected chi connectivity index (χ2v) is 5.36. The molecule has 0 unspecified atom stereocenters. The van der Waals surface area contributed by atoms with E-state index in [1.54, 1.807) is 14.0 Å². The zero-order chi connectivity index (χ0) is 14.8. The molecule has 4 nitrogen and oxygen atoms in total. The van der Waals surface area contributed by atoms with Crippen molar-refractivity contribution in [3.05, 3.63) is 36.4 Å². The van der Waals surface area contributed by atoms with Crippen LogP contribution in [-0.4, -0.2) is 44.1 Å². The second kappa shape index (κ2) is 5.64. The number of amides is 1. The SMILES string of the molecule is COc1cc2ccccc2cc1N1CCN(C(C)=O)CC1. The Hall–Kier alpha value is -2.23. The van der Waals surface area contributed by atoms with E-state index in [1.807, 2.05) is 17.0 Å². The first kappa shape index (κ1) is 13.7. The summed E-state index contributed by atoms with van der Waals surface area (Å²) in [6, 6.07) is 12.6. The molecule has 110 valence electrons. The fourth-order valence-electron chi connectivity index (χ4n) is 2.88. The van der Waals surface area contributed by atoms with E-state index in [9.17, 15) is 4.79 Å². The lowest BCUT2D eigenvalue weighted by Gasteiger charge is -2.36. The summed E-state index contributed by atoms with van der Waals surface area (Å²) in [4.78, 5) is 15.6. The highest BCUT2D eigenvalue weighted by Crippen LogP contribution is 2.33. The molecule has 3 rings (SSSR count). The number of fused-ring (bicyclic) bond motifs is 1. The summed E-state index contributed by atoms with van der Waals surface area (Å²) in [6.45, 7) is 4.85. The number of hydrogen-bond donors (Lipinski definition) is 0. The Morgan fingerprint density at radius 1 is 1.05 bits per heavy atom. The van der Waals surface area contributed by atoms with E-state index in [1.165, 1.54) is 10.8 Å². The molecule has 1 heterocycles. The smallest absolute Gasteiger partial charge is 0.219 e. The van der Waals surface area contributed by atoms with Crippen LogP contribution in [0.1, 0.15) is 6.92 Å². The molecule has 0 spiro atoms.